The van der Waals surface area contributed by atoms with Crippen LogP contribution in [0.1, 0.15) is 15.9 Å². The van der Waals surface area contributed by atoms with Gasteiger partial charge in [-0.3, -0.25) is 4.79 Å². The second kappa shape index (κ2) is 5.55. The number of thioether (sulfide) groups is 1. The molecule has 3 heteroatoms. The Morgan fingerprint density at radius 3 is 2.60 bits per heavy atom. The van der Waals surface area contributed by atoms with Crippen molar-refractivity contribution >= 4 is 23.6 Å². The van der Waals surface area contributed by atoms with Crippen LogP contribution in [0.25, 0.3) is 6.08 Å². The third-order valence-corrected chi connectivity index (χ3v) is 4.39. The molecule has 0 bridgehead atoms. The van der Waals surface area contributed by atoms with Crippen molar-refractivity contribution < 1.29 is 9.53 Å². The van der Waals surface area contributed by atoms with Crippen molar-refractivity contribution in [1.82, 2.24) is 0 Å². The molecule has 0 N–H and O–H groups in total. The predicted molar refractivity (Wildman–Crippen MR) is 82.5 cm³/mol. The zero-order chi connectivity index (χ0) is 13.9. The predicted octanol–water partition coefficient (Wildman–Crippen LogP) is 4.07. The summed E-state index contributed by atoms with van der Waals surface area (Å²) in [6.07, 6.45) is 1.96. The van der Waals surface area contributed by atoms with Gasteiger partial charge in [0.15, 0.2) is 5.78 Å². The highest BCUT2D eigenvalue weighted by atomic mass is 32.2. The summed E-state index contributed by atoms with van der Waals surface area (Å²) >= 11 is 1.71. The minimum atomic E-state index is 0.134. The minimum absolute atomic E-state index is 0.134. The molecule has 2 aromatic carbocycles. The molecule has 0 radical (unpaired) electrons. The first-order chi connectivity index (χ1) is 9.78. The van der Waals surface area contributed by atoms with Crippen molar-refractivity contribution in [3.05, 3.63) is 65.2 Å². The lowest BCUT2D eigenvalue weighted by molar-refractivity contribution is 0.103. The first-order valence-electron chi connectivity index (χ1n) is 6.39. The fourth-order valence-corrected chi connectivity index (χ4v) is 3.20. The summed E-state index contributed by atoms with van der Waals surface area (Å²) in [5, 5.41) is 0. The first kappa shape index (κ1) is 13.0. The van der Waals surface area contributed by atoms with Crippen LogP contribution in [0.3, 0.4) is 0 Å². The average molecular weight is 282 g/mol. The monoisotopic (exact) mass is 282 g/mol. The van der Waals surface area contributed by atoms with Crippen LogP contribution in [0.5, 0.6) is 5.75 Å². The lowest BCUT2D eigenvalue weighted by Crippen LogP contribution is -2.11. The summed E-state index contributed by atoms with van der Waals surface area (Å²) in [5.41, 5.74) is 2.68. The summed E-state index contributed by atoms with van der Waals surface area (Å²) in [6.45, 7) is 0. The molecule has 20 heavy (non-hydrogen) atoms. The molecule has 1 aliphatic heterocycles. The summed E-state index contributed by atoms with van der Waals surface area (Å²) in [4.78, 5) is 13.5. The fraction of sp³-hybridized carbons (Fsp3) is 0.118. The van der Waals surface area contributed by atoms with Crippen LogP contribution in [0.15, 0.2) is 59.0 Å². The van der Waals surface area contributed by atoms with Crippen LogP contribution in [0, 0.1) is 0 Å². The van der Waals surface area contributed by atoms with Crippen LogP contribution in [-0.2, 0) is 0 Å². The Bertz CT molecular complexity index is 672. The van der Waals surface area contributed by atoms with Crippen molar-refractivity contribution in [1.29, 1.82) is 0 Å². The Morgan fingerprint density at radius 1 is 1.10 bits per heavy atom. The lowest BCUT2D eigenvalue weighted by Gasteiger charge is -2.16. The third kappa shape index (κ3) is 2.49. The number of hydrogen-bond donors (Lipinski definition) is 0. The number of rotatable bonds is 2. The Hall–Kier alpha value is -2.00. The number of carbonyl (C=O) groups is 1. The van der Waals surface area contributed by atoms with Crippen molar-refractivity contribution in [2.45, 2.75) is 4.90 Å². The van der Waals surface area contributed by atoms with Gasteiger partial charge >= 0.3 is 0 Å². The normalized spacial score (nSPS) is 16.1. The van der Waals surface area contributed by atoms with Gasteiger partial charge in [-0.05, 0) is 35.9 Å². The lowest BCUT2D eigenvalue weighted by atomic mass is 10.0. The van der Waals surface area contributed by atoms with E-state index >= 15 is 0 Å². The molecule has 0 saturated heterocycles. The highest BCUT2D eigenvalue weighted by molar-refractivity contribution is 7.99. The maximum absolute atomic E-state index is 12.4. The van der Waals surface area contributed by atoms with Gasteiger partial charge in [-0.2, -0.15) is 0 Å². The summed E-state index contributed by atoms with van der Waals surface area (Å²) < 4.78 is 5.14. The van der Waals surface area contributed by atoms with Gasteiger partial charge in [0.1, 0.15) is 5.75 Å². The number of benzene rings is 2. The number of hydrogen-bond acceptors (Lipinski definition) is 3. The number of fused-ring (bicyclic) bond motifs is 1. The molecule has 1 aliphatic rings. The highest BCUT2D eigenvalue weighted by Gasteiger charge is 2.21. The average Bonchev–Trinajstić information content (AvgIpc) is 2.51. The van der Waals surface area contributed by atoms with Gasteiger partial charge in [0.2, 0.25) is 0 Å². The molecule has 0 unspecified atom stereocenters. The zero-order valence-corrected chi connectivity index (χ0v) is 11.9. The molecule has 2 aromatic rings. The molecule has 1 heterocycles. The van der Waals surface area contributed by atoms with E-state index in [1.54, 1.807) is 18.9 Å². The second-order valence-electron chi connectivity index (χ2n) is 4.56. The molecule has 0 saturated carbocycles. The highest BCUT2D eigenvalue weighted by Crippen LogP contribution is 2.33. The van der Waals surface area contributed by atoms with E-state index in [0.29, 0.717) is 0 Å². The molecule has 3 rings (SSSR count). The van der Waals surface area contributed by atoms with Crippen LogP contribution in [-0.4, -0.2) is 18.6 Å². The largest absolute Gasteiger partial charge is 0.497 e. The quantitative estimate of drug-likeness (QED) is 0.777. The number of carbonyl (C=O) groups excluding carboxylic acids is 1. The van der Waals surface area contributed by atoms with Gasteiger partial charge < -0.3 is 4.74 Å². The van der Waals surface area contributed by atoms with E-state index in [9.17, 15) is 4.79 Å². The summed E-state index contributed by atoms with van der Waals surface area (Å²) in [6, 6.07) is 15.5. The van der Waals surface area contributed by atoms with Crippen LogP contribution < -0.4 is 4.74 Å². The van der Waals surface area contributed by atoms with Crippen LogP contribution in [0.4, 0.5) is 0 Å². The van der Waals surface area contributed by atoms with E-state index in [2.05, 4.69) is 0 Å². The van der Waals surface area contributed by atoms with Gasteiger partial charge in [-0.15, -0.1) is 11.8 Å². The minimum Gasteiger partial charge on any atom is -0.497 e. The molecular formula is C17H14O2S. The Balaban J connectivity index is 1.91. The van der Waals surface area contributed by atoms with Gasteiger partial charge in [-0.1, -0.05) is 24.3 Å². The van der Waals surface area contributed by atoms with Crippen LogP contribution in [0.2, 0.25) is 0 Å². The summed E-state index contributed by atoms with van der Waals surface area (Å²) in [7, 11) is 1.64. The maximum atomic E-state index is 12.4. The molecule has 2 nitrogen and oxygen atoms in total. The molecular weight excluding hydrogens is 268 g/mol. The molecule has 100 valence electrons. The zero-order valence-electron chi connectivity index (χ0n) is 11.1. The molecule has 0 atom stereocenters. The number of Topliss-reactive ketones (excluding diaryl/α,β-unsaturated/α-hetero) is 1. The van der Waals surface area contributed by atoms with Crippen molar-refractivity contribution in [2.75, 3.05) is 12.9 Å². The van der Waals surface area contributed by atoms with E-state index in [4.69, 9.17) is 4.74 Å². The third-order valence-electron chi connectivity index (χ3n) is 3.26. The van der Waals surface area contributed by atoms with Gasteiger partial charge in [0, 0.05) is 21.8 Å². The number of ether oxygens (including phenoxy) is 1. The Kier molecular flexibility index (Phi) is 3.61. The first-order valence-corrected chi connectivity index (χ1v) is 7.37. The van der Waals surface area contributed by atoms with Gasteiger partial charge in [0.05, 0.1) is 7.11 Å². The molecule has 0 spiro atoms. The summed E-state index contributed by atoms with van der Waals surface area (Å²) in [5.74, 6) is 1.68. The van der Waals surface area contributed by atoms with Crippen molar-refractivity contribution in [3.63, 3.8) is 0 Å². The van der Waals surface area contributed by atoms with Gasteiger partial charge in [0.25, 0.3) is 0 Å². The van der Waals surface area contributed by atoms with Crippen molar-refractivity contribution in [3.8, 4) is 5.75 Å². The van der Waals surface area contributed by atoms with Gasteiger partial charge in [-0.25, -0.2) is 0 Å². The Labute approximate surface area is 122 Å². The number of ketones is 1. The van der Waals surface area contributed by atoms with E-state index in [-0.39, 0.29) is 5.78 Å². The number of methoxy groups -OCH3 is 1. The second-order valence-corrected chi connectivity index (χ2v) is 5.57. The van der Waals surface area contributed by atoms with E-state index in [1.165, 1.54) is 0 Å². The molecule has 0 fully saturated rings. The topological polar surface area (TPSA) is 26.3 Å². The smallest absolute Gasteiger partial charge is 0.191 e. The molecule has 0 aromatic heterocycles. The molecule has 0 amide bonds. The van der Waals surface area contributed by atoms with E-state index < -0.39 is 0 Å². The van der Waals surface area contributed by atoms with E-state index in [1.807, 2.05) is 54.6 Å². The Morgan fingerprint density at radius 2 is 1.85 bits per heavy atom. The SMILES string of the molecule is COc1ccc(/C=C2\CSc3ccccc3C2=O)cc1. The fourth-order valence-electron chi connectivity index (χ4n) is 2.18. The molecule has 0 aliphatic carbocycles. The van der Waals surface area contributed by atoms with Crippen LogP contribution >= 0.6 is 11.8 Å². The standard InChI is InChI=1S/C17H14O2S/c1-19-14-8-6-12(7-9-14)10-13-11-20-16-5-3-2-4-15(16)17(13)18/h2-10H,11H2,1H3/b13-10+. The van der Waals surface area contributed by atoms with E-state index in [0.717, 1.165) is 33.1 Å². The maximum Gasteiger partial charge on any atom is 0.191 e. The van der Waals surface area contributed by atoms with Crippen molar-refractivity contribution in [2.24, 2.45) is 0 Å².